The van der Waals surface area contributed by atoms with Crippen molar-refractivity contribution in [2.75, 3.05) is 6.26 Å². The molecule has 0 aliphatic heterocycles. The lowest BCUT2D eigenvalue weighted by atomic mass is 10.3. The van der Waals surface area contributed by atoms with Crippen LogP contribution in [0, 0.1) is 22.0 Å². The summed E-state index contributed by atoms with van der Waals surface area (Å²) in [6, 6.07) is 2.07. The van der Waals surface area contributed by atoms with Gasteiger partial charge < -0.3 is 0 Å². The molecule has 0 saturated carbocycles. The van der Waals surface area contributed by atoms with Crippen molar-refractivity contribution < 1.29 is 0 Å². The van der Waals surface area contributed by atoms with Gasteiger partial charge in [0.05, 0.1) is 5.69 Å². The van der Waals surface area contributed by atoms with Gasteiger partial charge in [0.25, 0.3) is 0 Å². The van der Waals surface area contributed by atoms with Crippen molar-refractivity contribution in [2.24, 2.45) is 0 Å². The topological polar surface area (TPSA) is 49.6 Å². The van der Waals surface area contributed by atoms with Crippen molar-refractivity contribution >= 4 is 34.4 Å². The average molecular weight is 291 g/mol. The fourth-order valence-electron chi connectivity index (χ4n) is 0.732. The normalized spacial score (nSPS) is 9.50. The van der Waals surface area contributed by atoms with Gasteiger partial charge in [-0.25, -0.2) is 9.97 Å². The van der Waals surface area contributed by atoms with Crippen LogP contribution in [0.2, 0.25) is 0 Å². The molecule has 0 aliphatic carbocycles. The Balaban J connectivity index is 3.30. The lowest BCUT2D eigenvalue weighted by Crippen LogP contribution is -1.98. The van der Waals surface area contributed by atoms with Gasteiger partial charge in [-0.05, 0) is 35.8 Å². The van der Waals surface area contributed by atoms with E-state index in [0.717, 1.165) is 14.6 Å². The predicted octanol–water partition coefficient (Wildman–Crippen LogP) is 1.98. The molecule has 1 heterocycles. The van der Waals surface area contributed by atoms with Crippen molar-refractivity contribution in [1.29, 1.82) is 5.26 Å². The second-order valence-corrected chi connectivity index (χ2v) is 3.87. The van der Waals surface area contributed by atoms with Crippen molar-refractivity contribution in [1.82, 2.24) is 9.97 Å². The zero-order valence-electron chi connectivity index (χ0n) is 6.63. The first-order valence-electron chi connectivity index (χ1n) is 3.17. The van der Waals surface area contributed by atoms with Crippen LogP contribution in [0.1, 0.15) is 11.3 Å². The minimum atomic E-state index is 0.577. The summed E-state index contributed by atoms with van der Waals surface area (Å²) < 4.78 is 0.729. The highest BCUT2D eigenvalue weighted by Gasteiger charge is 2.07. The highest BCUT2D eigenvalue weighted by atomic mass is 127. The minimum absolute atomic E-state index is 0.577. The Morgan fingerprint density at radius 2 is 2.17 bits per heavy atom. The molecule has 0 aromatic carbocycles. The van der Waals surface area contributed by atoms with Crippen molar-refractivity contribution in [2.45, 2.75) is 12.1 Å². The molecule has 0 unspecified atom stereocenters. The number of thioether (sulfide) groups is 1. The fraction of sp³-hybridized carbons (Fsp3) is 0.286. The standard InChI is InChI=1S/C7H6IN3S/c1-4-5(3-9)6(8)11-7(10-4)12-2/h1-2H3. The molecule has 1 aromatic rings. The molecule has 3 nitrogen and oxygen atoms in total. The summed E-state index contributed by atoms with van der Waals surface area (Å²) in [5.41, 5.74) is 1.33. The molecule has 5 heteroatoms. The number of halogens is 1. The molecule has 0 saturated heterocycles. The van der Waals surface area contributed by atoms with E-state index in [4.69, 9.17) is 5.26 Å². The molecule has 62 valence electrons. The third-order valence-electron chi connectivity index (χ3n) is 1.32. The maximum Gasteiger partial charge on any atom is 0.188 e. The van der Waals surface area contributed by atoms with E-state index in [1.54, 1.807) is 0 Å². The molecular formula is C7H6IN3S. The predicted molar refractivity (Wildman–Crippen MR) is 56.0 cm³/mol. The SMILES string of the molecule is CSc1nc(C)c(C#N)c(I)n1. The van der Waals surface area contributed by atoms with Crippen LogP contribution in [-0.4, -0.2) is 16.2 Å². The number of aryl methyl sites for hydroxylation is 1. The zero-order valence-corrected chi connectivity index (χ0v) is 9.60. The second-order valence-electron chi connectivity index (χ2n) is 2.07. The number of hydrogen-bond acceptors (Lipinski definition) is 4. The molecule has 0 fully saturated rings. The van der Waals surface area contributed by atoms with Gasteiger partial charge in [-0.15, -0.1) is 0 Å². The zero-order chi connectivity index (χ0) is 9.14. The Morgan fingerprint density at radius 3 is 2.58 bits per heavy atom. The summed E-state index contributed by atoms with van der Waals surface area (Å²) in [7, 11) is 0. The van der Waals surface area contributed by atoms with E-state index >= 15 is 0 Å². The second kappa shape index (κ2) is 4.05. The van der Waals surface area contributed by atoms with Crippen molar-refractivity contribution in [3.8, 4) is 6.07 Å². The van der Waals surface area contributed by atoms with Gasteiger partial charge in [0.15, 0.2) is 5.16 Å². The summed E-state index contributed by atoms with van der Waals surface area (Å²) in [4.78, 5) is 8.29. The number of nitriles is 1. The monoisotopic (exact) mass is 291 g/mol. The van der Waals surface area contributed by atoms with Gasteiger partial charge in [0.1, 0.15) is 15.3 Å². The van der Waals surface area contributed by atoms with Gasteiger partial charge in [0, 0.05) is 0 Å². The smallest absolute Gasteiger partial charge is 0.188 e. The summed E-state index contributed by atoms with van der Waals surface area (Å²) in [6.07, 6.45) is 1.91. The molecule has 0 spiro atoms. The molecule has 1 aromatic heterocycles. The first-order chi connectivity index (χ1) is 5.69. The number of aromatic nitrogens is 2. The molecule has 0 N–H and O–H groups in total. The fourth-order valence-corrected chi connectivity index (χ4v) is 2.05. The third-order valence-corrected chi connectivity index (χ3v) is 2.65. The van der Waals surface area contributed by atoms with Crippen LogP contribution in [0.4, 0.5) is 0 Å². The van der Waals surface area contributed by atoms with Crippen LogP contribution < -0.4 is 0 Å². The Hall–Kier alpha value is -0.350. The van der Waals surface area contributed by atoms with Crippen LogP contribution >= 0.6 is 34.4 Å². The van der Waals surface area contributed by atoms with E-state index in [2.05, 4.69) is 16.0 Å². The van der Waals surface area contributed by atoms with Gasteiger partial charge >= 0.3 is 0 Å². The number of hydrogen-bond donors (Lipinski definition) is 0. The van der Waals surface area contributed by atoms with E-state index in [0.29, 0.717) is 5.56 Å². The maximum absolute atomic E-state index is 8.72. The van der Waals surface area contributed by atoms with E-state index in [1.165, 1.54) is 11.8 Å². The molecule has 0 aliphatic rings. The molecule has 12 heavy (non-hydrogen) atoms. The summed E-state index contributed by atoms with van der Waals surface area (Å²) >= 11 is 3.53. The molecular weight excluding hydrogens is 285 g/mol. The molecule has 0 amide bonds. The largest absolute Gasteiger partial charge is 0.226 e. The average Bonchev–Trinajstić information content (AvgIpc) is 2.03. The van der Waals surface area contributed by atoms with E-state index < -0.39 is 0 Å². The van der Waals surface area contributed by atoms with Crippen LogP contribution in [0.25, 0.3) is 0 Å². The Kier molecular flexibility index (Phi) is 3.29. The molecule has 0 bridgehead atoms. The third kappa shape index (κ3) is 1.87. The Bertz CT molecular complexity index is 322. The summed E-state index contributed by atoms with van der Waals surface area (Å²) in [6.45, 7) is 1.82. The molecule has 0 atom stereocenters. The Labute approximate surface area is 88.7 Å². The van der Waals surface area contributed by atoms with Gasteiger partial charge in [-0.2, -0.15) is 5.26 Å². The van der Waals surface area contributed by atoms with E-state index in [9.17, 15) is 0 Å². The van der Waals surface area contributed by atoms with Crippen LogP contribution in [0.3, 0.4) is 0 Å². The minimum Gasteiger partial charge on any atom is -0.226 e. The lowest BCUT2D eigenvalue weighted by molar-refractivity contribution is 0.907. The van der Waals surface area contributed by atoms with Crippen molar-refractivity contribution in [3.63, 3.8) is 0 Å². The highest BCUT2D eigenvalue weighted by molar-refractivity contribution is 14.1. The quantitative estimate of drug-likeness (QED) is 0.343. The van der Waals surface area contributed by atoms with Crippen LogP contribution in [0.5, 0.6) is 0 Å². The number of rotatable bonds is 1. The van der Waals surface area contributed by atoms with E-state index in [1.807, 2.05) is 35.8 Å². The highest BCUT2D eigenvalue weighted by Crippen LogP contribution is 2.16. The van der Waals surface area contributed by atoms with Crippen molar-refractivity contribution in [3.05, 3.63) is 15.0 Å². The first kappa shape index (κ1) is 9.74. The van der Waals surface area contributed by atoms with Crippen LogP contribution in [0.15, 0.2) is 5.16 Å². The van der Waals surface area contributed by atoms with Gasteiger partial charge in [0.2, 0.25) is 0 Å². The molecule has 0 radical (unpaired) electrons. The van der Waals surface area contributed by atoms with Crippen LogP contribution in [-0.2, 0) is 0 Å². The number of nitrogens with zero attached hydrogens (tertiary/aromatic N) is 3. The summed E-state index contributed by atoms with van der Waals surface area (Å²) in [5, 5.41) is 9.44. The Morgan fingerprint density at radius 1 is 1.50 bits per heavy atom. The van der Waals surface area contributed by atoms with Gasteiger partial charge in [-0.3, -0.25) is 0 Å². The van der Waals surface area contributed by atoms with E-state index in [-0.39, 0.29) is 0 Å². The summed E-state index contributed by atoms with van der Waals surface area (Å²) in [5.74, 6) is 0. The first-order valence-corrected chi connectivity index (χ1v) is 5.47. The lowest BCUT2D eigenvalue weighted by Gasteiger charge is -2.00. The van der Waals surface area contributed by atoms with Gasteiger partial charge in [-0.1, -0.05) is 11.8 Å². The maximum atomic E-state index is 8.72. The molecule has 1 rings (SSSR count).